The standard InChI is InChI=1S/C11H9FN2O4S/c1-6(15)14-9-3-8(13-5-19)7(12)2-10(9)18-4-11(16)17/h2-3H,4H2,1H3,(H,14,15)(H,16,17). The first kappa shape index (κ1) is 14.7. The highest BCUT2D eigenvalue weighted by Gasteiger charge is 2.13. The van der Waals surface area contributed by atoms with E-state index in [-0.39, 0.29) is 17.1 Å². The van der Waals surface area contributed by atoms with Crippen LogP contribution in [0.4, 0.5) is 15.8 Å². The van der Waals surface area contributed by atoms with Crippen LogP contribution < -0.4 is 10.1 Å². The number of carboxylic acid groups (broad SMARTS) is 1. The van der Waals surface area contributed by atoms with Gasteiger partial charge in [-0.15, -0.1) is 0 Å². The van der Waals surface area contributed by atoms with Crippen molar-refractivity contribution in [3.63, 3.8) is 0 Å². The maximum absolute atomic E-state index is 13.6. The predicted octanol–water partition coefficient (Wildman–Crippen LogP) is 1.98. The highest BCUT2D eigenvalue weighted by molar-refractivity contribution is 7.78. The molecule has 0 spiro atoms. The van der Waals surface area contributed by atoms with Crippen molar-refractivity contribution in [2.75, 3.05) is 11.9 Å². The number of hydrogen-bond acceptors (Lipinski definition) is 5. The number of aliphatic imine (C=N–C) groups is 1. The highest BCUT2D eigenvalue weighted by Crippen LogP contribution is 2.32. The summed E-state index contributed by atoms with van der Waals surface area (Å²) in [7, 11) is 0. The molecule has 0 aliphatic heterocycles. The molecule has 8 heteroatoms. The first-order valence-electron chi connectivity index (χ1n) is 4.97. The number of amides is 1. The van der Waals surface area contributed by atoms with E-state index in [0.29, 0.717) is 0 Å². The normalized spacial score (nSPS) is 9.37. The smallest absolute Gasteiger partial charge is 0.341 e. The van der Waals surface area contributed by atoms with E-state index in [1.807, 2.05) is 5.16 Å². The lowest BCUT2D eigenvalue weighted by Crippen LogP contribution is -2.13. The van der Waals surface area contributed by atoms with Crippen molar-refractivity contribution in [2.45, 2.75) is 6.92 Å². The third-order valence-corrected chi connectivity index (χ3v) is 1.97. The summed E-state index contributed by atoms with van der Waals surface area (Å²) in [4.78, 5) is 24.9. The number of thiocarbonyl (C=S) groups is 1. The monoisotopic (exact) mass is 284 g/mol. The topological polar surface area (TPSA) is 88.0 Å². The number of nitrogens with one attached hydrogen (secondary N) is 1. The second kappa shape index (κ2) is 6.58. The summed E-state index contributed by atoms with van der Waals surface area (Å²) in [6.07, 6.45) is 0. The fraction of sp³-hybridized carbons (Fsp3) is 0.182. The van der Waals surface area contributed by atoms with Gasteiger partial charge in [-0.2, -0.15) is 4.99 Å². The van der Waals surface area contributed by atoms with Gasteiger partial charge in [0.15, 0.2) is 12.4 Å². The number of benzene rings is 1. The van der Waals surface area contributed by atoms with E-state index in [1.54, 1.807) is 0 Å². The highest BCUT2D eigenvalue weighted by atomic mass is 32.1. The van der Waals surface area contributed by atoms with Crippen molar-refractivity contribution in [1.82, 2.24) is 0 Å². The van der Waals surface area contributed by atoms with Gasteiger partial charge in [0.2, 0.25) is 5.91 Å². The number of nitrogens with zero attached hydrogens (tertiary/aromatic N) is 1. The number of carboxylic acids is 1. The predicted molar refractivity (Wildman–Crippen MR) is 68.5 cm³/mol. The van der Waals surface area contributed by atoms with Crippen LogP contribution in [0.2, 0.25) is 0 Å². The molecule has 1 aromatic rings. The number of anilines is 1. The molecule has 0 heterocycles. The fourth-order valence-electron chi connectivity index (χ4n) is 1.22. The van der Waals surface area contributed by atoms with E-state index < -0.39 is 24.3 Å². The first-order chi connectivity index (χ1) is 8.93. The van der Waals surface area contributed by atoms with Gasteiger partial charge in [-0.1, -0.05) is 0 Å². The Morgan fingerprint density at radius 2 is 2.26 bits per heavy atom. The number of ether oxygens (including phenoxy) is 1. The van der Waals surface area contributed by atoms with Gasteiger partial charge in [0, 0.05) is 13.0 Å². The summed E-state index contributed by atoms with van der Waals surface area (Å²) in [5.74, 6) is -2.54. The van der Waals surface area contributed by atoms with E-state index in [0.717, 1.165) is 6.07 Å². The molecular weight excluding hydrogens is 275 g/mol. The molecule has 0 aliphatic carbocycles. The van der Waals surface area contributed by atoms with Crippen LogP contribution in [0.1, 0.15) is 6.92 Å². The van der Waals surface area contributed by atoms with Crippen LogP contribution in [0.25, 0.3) is 0 Å². The van der Waals surface area contributed by atoms with E-state index in [4.69, 9.17) is 9.84 Å². The van der Waals surface area contributed by atoms with Crippen LogP contribution in [0.5, 0.6) is 5.75 Å². The Morgan fingerprint density at radius 1 is 1.58 bits per heavy atom. The van der Waals surface area contributed by atoms with Gasteiger partial charge in [-0.3, -0.25) is 4.79 Å². The molecule has 1 aromatic carbocycles. The van der Waals surface area contributed by atoms with Crippen LogP contribution >= 0.6 is 12.2 Å². The van der Waals surface area contributed by atoms with Crippen LogP contribution in [0.15, 0.2) is 17.1 Å². The van der Waals surface area contributed by atoms with Crippen LogP contribution in [-0.4, -0.2) is 28.8 Å². The number of halogens is 1. The average molecular weight is 284 g/mol. The van der Waals surface area contributed by atoms with E-state index in [1.165, 1.54) is 13.0 Å². The largest absolute Gasteiger partial charge is 0.480 e. The molecule has 1 rings (SSSR count). The molecule has 0 aromatic heterocycles. The summed E-state index contributed by atoms with van der Waals surface area (Å²) in [5.41, 5.74) is -0.0411. The molecule has 0 saturated heterocycles. The Labute approximate surface area is 112 Å². The maximum Gasteiger partial charge on any atom is 0.341 e. The number of aliphatic carboxylic acids is 1. The van der Waals surface area contributed by atoms with Crippen molar-refractivity contribution in [2.24, 2.45) is 4.99 Å². The zero-order valence-electron chi connectivity index (χ0n) is 9.77. The SMILES string of the molecule is CC(=O)Nc1cc(N=C=S)c(F)cc1OCC(=O)O. The van der Waals surface area contributed by atoms with Crippen molar-refractivity contribution in [3.05, 3.63) is 17.9 Å². The van der Waals surface area contributed by atoms with Gasteiger partial charge in [-0.05, 0) is 18.3 Å². The zero-order chi connectivity index (χ0) is 14.4. The van der Waals surface area contributed by atoms with Gasteiger partial charge in [0.05, 0.1) is 10.8 Å². The summed E-state index contributed by atoms with van der Waals surface area (Å²) in [6.45, 7) is 0.578. The summed E-state index contributed by atoms with van der Waals surface area (Å²) in [5, 5.41) is 12.9. The molecule has 2 N–H and O–H groups in total. The lowest BCUT2D eigenvalue weighted by Gasteiger charge is -2.11. The molecule has 0 radical (unpaired) electrons. The Hall–Kier alpha value is -2.31. The molecule has 0 atom stereocenters. The third kappa shape index (κ3) is 4.46. The van der Waals surface area contributed by atoms with Crippen LogP contribution in [-0.2, 0) is 9.59 Å². The second-order valence-electron chi connectivity index (χ2n) is 3.37. The number of hydrogen-bond donors (Lipinski definition) is 2. The maximum atomic E-state index is 13.6. The molecule has 1 amide bonds. The molecule has 6 nitrogen and oxygen atoms in total. The fourth-order valence-corrected chi connectivity index (χ4v) is 1.32. The molecule has 19 heavy (non-hydrogen) atoms. The molecule has 100 valence electrons. The molecule has 0 aliphatic rings. The van der Waals surface area contributed by atoms with Gasteiger partial charge >= 0.3 is 5.97 Å². The average Bonchev–Trinajstić information content (AvgIpc) is 2.30. The number of carbonyl (C=O) groups excluding carboxylic acids is 1. The molecular formula is C11H9FN2O4S. The summed E-state index contributed by atoms with van der Waals surface area (Å²) < 4.78 is 18.4. The lowest BCUT2D eigenvalue weighted by atomic mass is 10.2. The zero-order valence-corrected chi connectivity index (χ0v) is 10.6. The molecule has 0 bridgehead atoms. The minimum atomic E-state index is -1.23. The van der Waals surface area contributed by atoms with Crippen molar-refractivity contribution >= 4 is 40.6 Å². The number of isothiocyanates is 1. The van der Waals surface area contributed by atoms with Gasteiger partial charge < -0.3 is 15.2 Å². The summed E-state index contributed by atoms with van der Waals surface area (Å²) in [6, 6.07) is 2.09. The van der Waals surface area contributed by atoms with Crippen molar-refractivity contribution in [1.29, 1.82) is 0 Å². The minimum Gasteiger partial charge on any atom is -0.480 e. The van der Waals surface area contributed by atoms with Crippen molar-refractivity contribution in [3.8, 4) is 5.75 Å². The van der Waals surface area contributed by atoms with Crippen molar-refractivity contribution < 1.29 is 23.8 Å². The summed E-state index contributed by atoms with van der Waals surface area (Å²) >= 11 is 4.36. The van der Waals surface area contributed by atoms with Gasteiger partial charge in [0.25, 0.3) is 0 Å². The van der Waals surface area contributed by atoms with Gasteiger partial charge in [-0.25, -0.2) is 9.18 Å². The van der Waals surface area contributed by atoms with E-state index in [9.17, 15) is 14.0 Å². The Morgan fingerprint density at radius 3 is 2.79 bits per heavy atom. The number of carbonyl (C=O) groups is 2. The molecule has 0 saturated carbocycles. The minimum absolute atomic E-state index is 0.0964. The Balaban J connectivity index is 3.18. The number of rotatable bonds is 5. The Bertz CT molecular complexity index is 570. The lowest BCUT2D eigenvalue weighted by molar-refractivity contribution is -0.139. The van der Waals surface area contributed by atoms with E-state index in [2.05, 4.69) is 22.5 Å². The Kier molecular flexibility index (Phi) is 5.11. The molecule has 0 fully saturated rings. The first-order valence-corrected chi connectivity index (χ1v) is 5.38. The quantitative estimate of drug-likeness (QED) is 0.637. The molecule has 0 unspecified atom stereocenters. The van der Waals surface area contributed by atoms with Crippen LogP contribution in [0, 0.1) is 5.82 Å². The third-order valence-electron chi connectivity index (χ3n) is 1.88. The van der Waals surface area contributed by atoms with E-state index >= 15 is 0 Å². The van der Waals surface area contributed by atoms with Gasteiger partial charge in [0.1, 0.15) is 11.4 Å². The second-order valence-corrected chi connectivity index (χ2v) is 3.55. The van der Waals surface area contributed by atoms with Crippen LogP contribution in [0.3, 0.4) is 0 Å².